The van der Waals surface area contributed by atoms with Gasteiger partial charge in [-0.2, -0.15) is 5.10 Å². The fraction of sp³-hybridized carbons (Fsp3) is 0.100. The summed E-state index contributed by atoms with van der Waals surface area (Å²) in [6.07, 6.45) is 4.87. The van der Waals surface area contributed by atoms with E-state index in [1.807, 2.05) is 43.6 Å². The standard InChI is InChI=1S/C19H13N5O2.CH4/c1-24-7-5-15(23-24)18-12(9-13-16(25)4-6-20-19(13)22-18)11-2-3-14-17(8-11)26-10-21-14;/h2-10H,1H3,(H,20,22,25);1H4. The highest BCUT2D eigenvalue weighted by Crippen LogP contribution is 2.33. The van der Waals surface area contributed by atoms with Crippen molar-refractivity contribution in [3.8, 4) is 22.5 Å². The van der Waals surface area contributed by atoms with Crippen molar-refractivity contribution in [3.63, 3.8) is 0 Å². The number of pyridine rings is 2. The van der Waals surface area contributed by atoms with E-state index in [1.165, 1.54) is 12.5 Å². The van der Waals surface area contributed by atoms with Crippen molar-refractivity contribution in [2.45, 2.75) is 7.43 Å². The SMILES string of the molecule is C.Cn1ccc(-c2nc3[nH]ccc(=O)c3cc2-c2ccc3ncoc3c2)n1. The van der Waals surface area contributed by atoms with E-state index in [4.69, 9.17) is 4.42 Å². The molecule has 0 spiro atoms. The summed E-state index contributed by atoms with van der Waals surface area (Å²) in [6, 6.07) is 11.0. The number of benzene rings is 1. The zero-order chi connectivity index (χ0) is 17.7. The van der Waals surface area contributed by atoms with Crippen molar-refractivity contribution in [2.75, 3.05) is 0 Å². The average Bonchev–Trinajstić information content (AvgIpc) is 3.29. The van der Waals surface area contributed by atoms with E-state index in [9.17, 15) is 4.79 Å². The normalized spacial score (nSPS) is 11.0. The minimum absolute atomic E-state index is 0. The number of hydrogen-bond acceptors (Lipinski definition) is 5. The smallest absolute Gasteiger partial charge is 0.191 e. The van der Waals surface area contributed by atoms with Gasteiger partial charge in [0.2, 0.25) is 0 Å². The third-order valence-electron chi connectivity index (χ3n) is 4.34. The van der Waals surface area contributed by atoms with E-state index in [0.29, 0.717) is 22.3 Å². The van der Waals surface area contributed by atoms with Gasteiger partial charge in [-0.1, -0.05) is 13.5 Å². The topological polar surface area (TPSA) is 89.6 Å². The summed E-state index contributed by atoms with van der Waals surface area (Å²) >= 11 is 0. The fourth-order valence-corrected chi connectivity index (χ4v) is 3.08. The van der Waals surface area contributed by atoms with E-state index in [-0.39, 0.29) is 12.9 Å². The van der Waals surface area contributed by atoms with Crippen LogP contribution < -0.4 is 5.43 Å². The van der Waals surface area contributed by atoms with Crippen LogP contribution in [0.5, 0.6) is 0 Å². The molecule has 0 fully saturated rings. The van der Waals surface area contributed by atoms with Gasteiger partial charge in [0.1, 0.15) is 22.6 Å². The van der Waals surface area contributed by atoms with Crippen LogP contribution in [-0.2, 0) is 7.05 Å². The molecule has 4 aromatic heterocycles. The van der Waals surface area contributed by atoms with Gasteiger partial charge in [-0.3, -0.25) is 9.48 Å². The van der Waals surface area contributed by atoms with E-state index >= 15 is 0 Å². The molecule has 134 valence electrons. The maximum absolute atomic E-state index is 12.3. The highest BCUT2D eigenvalue weighted by atomic mass is 16.3. The number of aromatic amines is 1. The Balaban J connectivity index is 0.00000180. The number of hydrogen-bond donors (Lipinski definition) is 1. The third-order valence-corrected chi connectivity index (χ3v) is 4.34. The molecule has 1 N–H and O–H groups in total. The molecule has 7 nitrogen and oxygen atoms in total. The maximum atomic E-state index is 12.3. The molecular formula is C20H17N5O2. The molecule has 0 bridgehead atoms. The van der Waals surface area contributed by atoms with Crippen LogP contribution in [0.25, 0.3) is 44.6 Å². The van der Waals surface area contributed by atoms with Crippen LogP contribution in [0.1, 0.15) is 7.43 Å². The van der Waals surface area contributed by atoms with Crippen LogP contribution in [0.4, 0.5) is 0 Å². The largest absolute Gasteiger partial charge is 0.443 e. The molecule has 0 aliphatic heterocycles. The fourth-order valence-electron chi connectivity index (χ4n) is 3.08. The van der Waals surface area contributed by atoms with Crippen LogP contribution in [0.15, 0.2) is 64.4 Å². The molecule has 27 heavy (non-hydrogen) atoms. The summed E-state index contributed by atoms with van der Waals surface area (Å²) in [5.74, 6) is 0. The predicted octanol–water partition coefficient (Wildman–Crippen LogP) is 3.77. The van der Waals surface area contributed by atoms with Crippen LogP contribution in [0, 0.1) is 0 Å². The van der Waals surface area contributed by atoms with Gasteiger partial charge in [-0.05, 0) is 29.8 Å². The molecule has 0 saturated carbocycles. The zero-order valence-electron chi connectivity index (χ0n) is 13.8. The minimum atomic E-state index is -0.0826. The van der Waals surface area contributed by atoms with Crippen molar-refractivity contribution >= 4 is 22.1 Å². The van der Waals surface area contributed by atoms with Gasteiger partial charge in [0, 0.05) is 31.1 Å². The molecule has 5 rings (SSSR count). The molecular weight excluding hydrogens is 342 g/mol. The Morgan fingerprint density at radius 1 is 1.15 bits per heavy atom. The molecule has 0 unspecified atom stereocenters. The van der Waals surface area contributed by atoms with Crippen LogP contribution in [0.3, 0.4) is 0 Å². The summed E-state index contributed by atoms with van der Waals surface area (Å²) in [7, 11) is 1.85. The Bertz CT molecular complexity index is 1330. The lowest BCUT2D eigenvalue weighted by molar-refractivity contribution is 0.602. The second-order valence-corrected chi connectivity index (χ2v) is 6.03. The number of nitrogens with one attached hydrogen (secondary N) is 1. The van der Waals surface area contributed by atoms with Crippen LogP contribution in [0.2, 0.25) is 0 Å². The molecule has 0 saturated heterocycles. The van der Waals surface area contributed by atoms with Crippen LogP contribution in [-0.4, -0.2) is 24.7 Å². The number of aromatic nitrogens is 5. The Morgan fingerprint density at radius 2 is 2.04 bits per heavy atom. The first-order valence-corrected chi connectivity index (χ1v) is 8.05. The number of fused-ring (bicyclic) bond motifs is 2. The lowest BCUT2D eigenvalue weighted by Gasteiger charge is -2.09. The second-order valence-electron chi connectivity index (χ2n) is 6.03. The summed E-state index contributed by atoms with van der Waals surface area (Å²) < 4.78 is 7.14. The van der Waals surface area contributed by atoms with Gasteiger partial charge >= 0.3 is 0 Å². The molecule has 0 radical (unpaired) electrons. The molecule has 4 heterocycles. The zero-order valence-corrected chi connectivity index (χ0v) is 13.8. The van der Waals surface area contributed by atoms with Gasteiger partial charge < -0.3 is 9.40 Å². The lowest BCUT2D eigenvalue weighted by atomic mass is 10.0. The van der Waals surface area contributed by atoms with Gasteiger partial charge in [-0.15, -0.1) is 0 Å². The second kappa shape index (κ2) is 6.21. The molecule has 0 aliphatic rings. The first kappa shape index (κ1) is 16.7. The number of rotatable bonds is 2. The first-order chi connectivity index (χ1) is 12.7. The number of nitrogens with zero attached hydrogens (tertiary/aromatic N) is 4. The highest BCUT2D eigenvalue weighted by molar-refractivity contribution is 5.91. The summed E-state index contributed by atoms with van der Waals surface area (Å²) in [5.41, 5.74) is 5.02. The molecule has 5 aromatic rings. The van der Waals surface area contributed by atoms with Gasteiger partial charge in [0.25, 0.3) is 0 Å². The molecule has 0 amide bonds. The van der Waals surface area contributed by atoms with Crippen molar-refractivity contribution < 1.29 is 4.42 Å². The Kier molecular flexibility index (Phi) is 3.84. The van der Waals surface area contributed by atoms with Crippen molar-refractivity contribution in [2.24, 2.45) is 7.05 Å². The van der Waals surface area contributed by atoms with E-state index < -0.39 is 0 Å². The van der Waals surface area contributed by atoms with Crippen molar-refractivity contribution in [1.29, 1.82) is 0 Å². The number of oxazole rings is 1. The first-order valence-electron chi connectivity index (χ1n) is 8.05. The van der Waals surface area contributed by atoms with Crippen LogP contribution >= 0.6 is 0 Å². The minimum Gasteiger partial charge on any atom is -0.443 e. The van der Waals surface area contributed by atoms with Crippen molar-refractivity contribution in [3.05, 3.63) is 65.4 Å². The van der Waals surface area contributed by atoms with Gasteiger partial charge in [-0.25, -0.2) is 9.97 Å². The molecule has 0 aliphatic carbocycles. The summed E-state index contributed by atoms with van der Waals surface area (Å²) in [5, 5.41) is 5.00. The molecule has 0 atom stereocenters. The monoisotopic (exact) mass is 359 g/mol. The summed E-state index contributed by atoms with van der Waals surface area (Å²) in [6.45, 7) is 0. The highest BCUT2D eigenvalue weighted by Gasteiger charge is 2.16. The van der Waals surface area contributed by atoms with Gasteiger partial charge in [0.15, 0.2) is 17.4 Å². The maximum Gasteiger partial charge on any atom is 0.191 e. The lowest BCUT2D eigenvalue weighted by Crippen LogP contribution is -2.03. The summed E-state index contributed by atoms with van der Waals surface area (Å²) in [4.78, 5) is 24.2. The Morgan fingerprint density at radius 3 is 2.85 bits per heavy atom. The quantitative estimate of drug-likeness (QED) is 0.518. The Hall–Kier alpha value is -3.74. The van der Waals surface area contributed by atoms with E-state index in [1.54, 1.807) is 10.9 Å². The molecule has 1 aromatic carbocycles. The Labute approximate surface area is 154 Å². The number of aryl methyl sites for hydroxylation is 1. The average molecular weight is 359 g/mol. The molecule has 7 heteroatoms. The van der Waals surface area contributed by atoms with Crippen molar-refractivity contribution in [1.82, 2.24) is 24.7 Å². The van der Waals surface area contributed by atoms with E-state index in [2.05, 4.69) is 20.1 Å². The number of H-pyrrole nitrogens is 1. The van der Waals surface area contributed by atoms with Gasteiger partial charge in [0.05, 0.1) is 5.39 Å². The predicted molar refractivity (Wildman–Crippen MR) is 104 cm³/mol. The van der Waals surface area contributed by atoms with E-state index in [0.717, 1.165) is 22.3 Å². The third kappa shape index (κ3) is 2.69.